The van der Waals surface area contributed by atoms with Crippen LogP contribution >= 0.6 is 24.0 Å². The lowest BCUT2D eigenvalue weighted by Gasteiger charge is -2.13. The predicted molar refractivity (Wildman–Crippen MR) is 130 cm³/mol. The van der Waals surface area contributed by atoms with Gasteiger partial charge >= 0.3 is 0 Å². The van der Waals surface area contributed by atoms with Crippen LogP contribution in [0.4, 0.5) is 10.1 Å². The number of nitrogens with zero attached hydrogens (tertiary/aromatic N) is 3. The van der Waals surface area contributed by atoms with Gasteiger partial charge in [-0.25, -0.2) is 9.07 Å². The van der Waals surface area contributed by atoms with Crippen molar-refractivity contribution in [2.45, 2.75) is 12.8 Å². The Balaban J connectivity index is 0.00000272. The van der Waals surface area contributed by atoms with Crippen LogP contribution in [-0.2, 0) is 6.42 Å². The first-order chi connectivity index (χ1) is 14.7. The molecule has 0 fully saturated rings. The van der Waals surface area contributed by atoms with Gasteiger partial charge in [0.2, 0.25) is 0 Å². The molecule has 7 nitrogen and oxygen atoms in total. The number of hydrogen-bond acceptors (Lipinski definition) is 4. The highest BCUT2D eigenvalue weighted by Crippen LogP contribution is 2.32. The third kappa shape index (κ3) is 6.09. The third-order valence-electron chi connectivity index (χ3n) is 4.64. The number of ether oxygens (including phenoxy) is 2. The van der Waals surface area contributed by atoms with Gasteiger partial charge < -0.3 is 20.1 Å². The fraction of sp³-hybridized carbons (Fsp3) is 0.273. The SMILES string of the molecule is CN=C(NCCc1ccn(-c2ccc(F)cc2)n1)Nc1ccc2c(c1)OCCCO2.I. The Morgan fingerprint density at radius 1 is 1.10 bits per heavy atom. The maximum atomic E-state index is 13.1. The highest BCUT2D eigenvalue weighted by Gasteiger charge is 2.11. The van der Waals surface area contributed by atoms with Crippen molar-refractivity contribution in [3.8, 4) is 17.2 Å². The molecule has 1 aliphatic rings. The molecule has 2 N–H and O–H groups in total. The highest BCUT2D eigenvalue weighted by atomic mass is 127. The summed E-state index contributed by atoms with van der Waals surface area (Å²) in [5.74, 6) is 1.89. The molecule has 3 aromatic rings. The monoisotopic (exact) mass is 537 g/mol. The number of rotatable bonds is 5. The average molecular weight is 537 g/mol. The second kappa shape index (κ2) is 11.0. The first-order valence-corrected chi connectivity index (χ1v) is 9.89. The highest BCUT2D eigenvalue weighted by molar-refractivity contribution is 14.0. The second-order valence-corrected chi connectivity index (χ2v) is 6.81. The third-order valence-corrected chi connectivity index (χ3v) is 4.64. The van der Waals surface area contributed by atoms with E-state index in [1.807, 2.05) is 30.5 Å². The Morgan fingerprint density at radius 2 is 1.87 bits per heavy atom. The minimum Gasteiger partial charge on any atom is -0.490 e. The number of halogens is 2. The zero-order valence-corrected chi connectivity index (χ0v) is 19.5. The van der Waals surface area contributed by atoms with Gasteiger partial charge in [-0.2, -0.15) is 5.10 Å². The fourth-order valence-corrected chi connectivity index (χ4v) is 3.10. The topological polar surface area (TPSA) is 72.7 Å². The Bertz CT molecular complexity index is 1020. The first kappa shape index (κ1) is 22.9. The number of hydrogen-bond donors (Lipinski definition) is 2. The molecule has 0 amide bonds. The van der Waals surface area contributed by atoms with Crippen LogP contribution in [0.5, 0.6) is 11.5 Å². The number of aliphatic imine (C=N–C) groups is 1. The Morgan fingerprint density at radius 3 is 2.65 bits per heavy atom. The minimum atomic E-state index is -0.261. The van der Waals surface area contributed by atoms with Crippen LogP contribution in [0.25, 0.3) is 5.69 Å². The Labute approximate surface area is 197 Å². The van der Waals surface area contributed by atoms with Gasteiger partial charge in [-0.3, -0.25) is 4.99 Å². The van der Waals surface area contributed by atoms with E-state index in [1.54, 1.807) is 23.9 Å². The molecule has 0 radical (unpaired) electrons. The molecule has 4 rings (SSSR count). The summed E-state index contributed by atoms with van der Waals surface area (Å²) in [6.07, 6.45) is 3.46. The van der Waals surface area contributed by atoms with E-state index in [-0.39, 0.29) is 29.8 Å². The van der Waals surface area contributed by atoms with Crippen LogP contribution in [0, 0.1) is 5.82 Å². The summed E-state index contributed by atoms with van der Waals surface area (Å²) in [4.78, 5) is 4.27. The minimum absolute atomic E-state index is 0. The van der Waals surface area contributed by atoms with Gasteiger partial charge in [0, 0.05) is 44.4 Å². The van der Waals surface area contributed by atoms with Crippen LogP contribution in [0.2, 0.25) is 0 Å². The Kier molecular flexibility index (Phi) is 8.10. The fourth-order valence-electron chi connectivity index (χ4n) is 3.10. The predicted octanol–water partition coefficient (Wildman–Crippen LogP) is 4.02. The molecule has 0 bridgehead atoms. The van der Waals surface area contributed by atoms with Gasteiger partial charge in [0.05, 0.1) is 24.6 Å². The van der Waals surface area contributed by atoms with Crippen molar-refractivity contribution in [1.29, 1.82) is 0 Å². The van der Waals surface area contributed by atoms with Crippen molar-refractivity contribution < 1.29 is 13.9 Å². The van der Waals surface area contributed by atoms with E-state index in [1.165, 1.54) is 12.1 Å². The molecule has 9 heteroatoms. The lowest BCUT2D eigenvalue weighted by Crippen LogP contribution is -2.32. The van der Waals surface area contributed by atoms with E-state index >= 15 is 0 Å². The van der Waals surface area contributed by atoms with E-state index in [2.05, 4.69) is 20.7 Å². The average Bonchev–Trinajstić information content (AvgIpc) is 3.10. The zero-order chi connectivity index (χ0) is 20.8. The van der Waals surface area contributed by atoms with Crippen molar-refractivity contribution in [3.05, 3.63) is 66.2 Å². The van der Waals surface area contributed by atoms with E-state index in [4.69, 9.17) is 9.47 Å². The van der Waals surface area contributed by atoms with E-state index in [0.29, 0.717) is 25.7 Å². The standard InChI is InChI=1S/C22H24FN5O2.HI/c1-24-22(26-18-5-8-20-21(15-18)30-14-2-13-29-20)25-11-9-17-10-12-28(27-17)19-6-3-16(23)4-7-19;/h3-8,10,12,15H,2,9,11,13-14H2,1H3,(H2,24,25,26);1H. The van der Waals surface area contributed by atoms with Crippen LogP contribution in [0.1, 0.15) is 12.1 Å². The molecule has 1 aliphatic heterocycles. The molecule has 0 aliphatic carbocycles. The van der Waals surface area contributed by atoms with Gasteiger partial charge in [0.25, 0.3) is 0 Å². The molecule has 2 heterocycles. The van der Waals surface area contributed by atoms with Gasteiger partial charge in [0.15, 0.2) is 17.5 Å². The molecule has 31 heavy (non-hydrogen) atoms. The summed E-state index contributed by atoms with van der Waals surface area (Å²) in [6, 6.07) is 13.9. The van der Waals surface area contributed by atoms with Crippen LogP contribution in [0.15, 0.2) is 59.7 Å². The maximum Gasteiger partial charge on any atom is 0.195 e. The summed E-state index contributed by atoms with van der Waals surface area (Å²) in [6.45, 7) is 1.97. The molecule has 0 unspecified atom stereocenters. The molecule has 0 spiro atoms. The normalized spacial score (nSPS) is 13.2. The lowest BCUT2D eigenvalue weighted by atomic mass is 10.2. The van der Waals surface area contributed by atoms with Crippen LogP contribution in [0.3, 0.4) is 0 Å². The van der Waals surface area contributed by atoms with Crippen molar-refractivity contribution in [2.24, 2.45) is 4.99 Å². The van der Waals surface area contributed by atoms with Crippen molar-refractivity contribution in [2.75, 3.05) is 32.1 Å². The number of guanidine groups is 1. The van der Waals surface area contributed by atoms with E-state index < -0.39 is 0 Å². The van der Waals surface area contributed by atoms with Gasteiger partial charge in [0.1, 0.15) is 5.82 Å². The van der Waals surface area contributed by atoms with Crippen molar-refractivity contribution in [3.63, 3.8) is 0 Å². The number of nitrogens with one attached hydrogen (secondary N) is 2. The van der Waals surface area contributed by atoms with Crippen molar-refractivity contribution >= 4 is 35.6 Å². The largest absolute Gasteiger partial charge is 0.490 e. The summed E-state index contributed by atoms with van der Waals surface area (Å²) in [7, 11) is 1.72. The number of aromatic nitrogens is 2. The molecule has 0 atom stereocenters. The molecular weight excluding hydrogens is 512 g/mol. The van der Waals surface area contributed by atoms with Crippen molar-refractivity contribution in [1.82, 2.24) is 15.1 Å². The quantitative estimate of drug-likeness (QED) is 0.292. The maximum absolute atomic E-state index is 13.1. The Hall–Kier alpha value is -2.82. The van der Waals surface area contributed by atoms with Gasteiger partial charge in [-0.05, 0) is 42.5 Å². The summed E-state index contributed by atoms with van der Waals surface area (Å²) in [5.41, 5.74) is 2.62. The smallest absolute Gasteiger partial charge is 0.195 e. The molecule has 1 aromatic heterocycles. The first-order valence-electron chi connectivity index (χ1n) is 9.89. The van der Waals surface area contributed by atoms with E-state index in [9.17, 15) is 4.39 Å². The molecular formula is C22H25FIN5O2. The number of anilines is 1. The number of benzene rings is 2. The molecule has 164 valence electrons. The summed E-state index contributed by atoms with van der Waals surface area (Å²) in [5, 5.41) is 11.1. The molecule has 0 saturated heterocycles. The van der Waals surface area contributed by atoms with Gasteiger partial charge in [-0.15, -0.1) is 24.0 Å². The summed E-state index contributed by atoms with van der Waals surface area (Å²) >= 11 is 0. The zero-order valence-electron chi connectivity index (χ0n) is 17.2. The molecule has 0 saturated carbocycles. The number of fused-ring (bicyclic) bond motifs is 1. The summed E-state index contributed by atoms with van der Waals surface area (Å²) < 4.78 is 26.2. The van der Waals surface area contributed by atoms with E-state index in [0.717, 1.165) is 41.4 Å². The lowest BCUT2D eigenvalue weighted by molar-refractivity contribution is 0.297. The van der Waals surface area contributed by atoms with Crippen LogP contribution in [-0.4, -0.2) is 42.5 Å². The van der Waals surface area contributed by atoms with Crippen LogP contribution < -0.4 is 20.1 Å². The molecule has 2 aromatic carbocycles. The second-order valence-electron chi connectivity index (χ2n) is 6.81. The van der Waals surface area contributed by atoms with Gasteiger partial charge in [-0.1, -0.05) is 0 Å².